The number of fused-ring (bicyclic) bond motifs is 1. The van der Waals surface area contributed by atoms with Crippen LogP contribution in [0.5, 0.6) is 0 Å². The summed E-state index contributed by atoms with van der Waals surface area (Å²) in [4.78, 5) is 4.35. The highest BCUT2D eigenvalue weighted by molar-refractivity contribution is 5.44. The molecule has 2 aromatic rings. The van der Waals surface area contributed by atoms with E-state index in [9.17, 15) is 0 Å². The molecule has 74 valence electrons. The van der Waals surface area contributed by atoms with Gasteiger partial charge < -0.3 is 5.32 Å². The van der Waals surface area contributed by atoms with E-state index in [1.807, 2.05) is 29.6 Å². The number of anilines is 1. The summed E-state index contributed by atoms with van der Waals surface area (Å²) in [6.45, 7) is 5.05. The molecule has 0 amide bonds. The maximum absolute atomic E-state index is 4.35. The molecule has 0 radical (unpaired) electrons. The Hall–Kier alpha value is -1.58. The molecule has 0 aliphatic heterocycles. The minimum atomic E-state index is 0.709. The Morgan fingerprint density at radius 2 is 2.29 bits per heavy atom. The average molecular weight is 190 g/mol. The smallest absolute Gasteiger partial charge is 0.243 e. The van der Waals surface area contributed by atoms with E-state index in [2.05, 4.69) is 22.3 Å². The van der Waals surface area contributed by atoms with E-state index in [-0.39, 0.29) is 0 Å². The number of hydrogen-bond acceptors (Lipinski definition) is 3. The molecule has 1 N–H and O–H groups in total. The van der Waals surface area contributed by atoms with Gasteiger partial charge in [0.2, 0.25) is 5.95 Å². The zero-order valence-corrected chi connectivity index (χ0v) is 8.49. The summed E-state index contributed by atoms with van der Waals surface area (Å²) in [6, 6.07) is 5.96. The first-order valence-electron chi connectivity index (χ1n) is 4.87. The van der Waals surface area contributed by atoms with Gasteiger partial charge in [0.25, 0.3) is 0 Å². The van der Waals surface area contributed by atoms with Crippen molar-refractivity contribution in [2.75, 3.05) is 11.9 Å². The maximum atomic E-state index is 4.35. The summed E-state index contributed by atoms with van der Waals surface area (Å²) in [7, 11) is 0. The van der Waals surface area contributed by atoms with Crippen LogP contribution in [0.1, 0.15) is 19.0 Å². The first-order chi connectivity index (χ1) is 6.81. The molecular formula is C10H14N4. The van der Waals surface area contributed by atoms with E-state index in [0.717, 1.165) is 24.3 Å². The van der Waals surface area contributed by atoms with Crippen LogP contribution in [0, 0.1) is 6.92 Å². The van der Waals surface area contributed by atoms with E-state index < -0.39 is 0 Å². The summed E-state index contributed by atoms with van der Waals surface area (Å²) in [6.07, 6.45) is 1.08. The number of rotatable bonds is 3. The lowest BCUT2D eigenvalue weighted by Gasteiger charge is -1.95. The Balaban J connectivity index is 2.36. The highest BCUT2D eigenvalue weighted by Gasteiger charge is 2.02. The van der Waals surface area contributed by atoms with Crippen LogP contribution >= 0.6 is 0 Å². The van der Waals surface area contributed by atoms with Gasteiger partial charge in [-0.05, 0) is 25.5 Å². The van der Waals surface area contributed by atoms with Gasteiger partial charge in [0, 0.05) is 12.2 Å². The minimum absolute atomic E-state index is 0.709. The Bertz CT molecular complexity index is 433. The fraction of sp³-hybridized carbons (Fsp3) is 0.400. The first kappa shape index (κ1) is 8.99. The van der Waals surface area contributed by atoms with Crippen molar-refractivity contribution >= 4 is 11.6 Å². The van der Waals surface area contributed by atoms with Crippen molar-refractivity contribution in [2.45, 2.75) is 20.3 Å². The molecule has 0 unspecified atom stereocenters. The van der Waals surface area contributed by atoms with Crippen molar-refractivity contribution < 1.29 is 0 Å². The fourth-order valence-corrected chi connectivity index (χ4v) is 1.35. The molecule has 0 aromatic carbocycles. The standard InChI is InChI=1S/C10H14N4/c1-3-7-11-10-12-9-6-4-5-8(2)14(9)13-10/h4-6H,3,7H2,1-2H3,(H,11,13). The van der Waals surface area contributed by atoms with Gasteiger partial charge in [0.15, 0.2) is 5.65 Å². The van der Waals surface area contributed by atoms with Crippen molar-refractivity contribution in [3.05, 3.63) is 23.9 Å². The van der Waals surface area contributed by atoms with Crippen LogP contribution in [-0.2, 0) is 0 Å². The van der Waals surface area contributed by atoms with E-state index in [4.69, 9.17) is 0 Å². The van der Waals surface area contributed by atoms with E-state index in [1.165, 1.54) is 0 Å². The van der Waals surface area contributed by atoms with Crippen molar-refractivity contribution in [2.24, 2.45) is 0 Å². The van der Waals surface area contributed by atoms with Crippen LogP contribution in [0.3, 0.4) is 0 Å². The molecule has 2 rings (SSSR count). The summed E-state index contributed by atoms with van der Waals surface area (Å²) >= 11 is 0. The number of nitrogens with zero attached hydrogens (tertiary/aromatic N) is 3. The highest BCUT2D eigenvalue weighted by atomic mass is 15.3. The third kappa shape index (κ3) is 1.55. The van der Waals surface area contributed by atoms with E-state index >= 15 is 0 Å². The van der Waals surface area contributed by atoms with Crippen LogP contribution in [-0.4, -0.2) is 21.1 Å². The SMILES string of the molecule is CCCNc1nc2cccc(C)n2n1. The minimum Gasteiger partial charge on any atom is -0.353 e. The molecular weight excluding hydrogens is 176 g/mol. The Labute approximate surface area is 83.0 Å². The molecule has 0 spiro atoms. The topological polar surface area (TPSA) is 42.2 Å². The van der Waals surface area contributed by atoms with Crippen LogP contribution in [0.2, 0.25) is 0 Å². The second-order valence-electron chi connectivity index (χ2n) is 3.30. The highest BCUT2D eigenvalue weighted by Crippen LogP contribution is 2.07. The van der Waals surface area contributed by atoms with Crippen LogP contribution in [0.25, 0.3) is 5.65 Å². The number of aromatic nitrogens is 3. The summed E-state index contributed by atoms with van der Waals surface area (Å²) in [5.41, 5.74) is 1.99. The summed E-state index contributed by atoms with van der Waals surface area (Å²) in [5.74, 6) is 0.709. The molecule has 4 nitrogen and oxygen atoms in total. The number of hydrogen-bond donors (Lipinski definition) is 1. The van der Waals surface area contributed by atoms with Crippen LogP contribution in [0.15, 0.2) is 18.2 Å². The molecule has 0 bridgehead atoms. The third-order valence-corrected chi connectivity index (χ3v) is 2.08. The van der Waals surface area contributed by atoms with Gasteiger partial charge in [-0.15, -0.1) is 5.10 Å². The van der Waals surface area contributed by atoms with Gasteiger partial charge in [-0.1, -0.05) is 13.0 Å². The van der Waals surface area contributed by atoms with Gasteiger partial charge in [-0.3, -0.25) is 0 Å². The zero-order chi connectivity index (χ0) is 9.97. The van der Waals surface area contributed by atoms with Gasteiger partial charge in [-0.25, -0.2) is 4.52 Å². The van der Waals surface area contributed by atoms with Crippen molar-refractivity contribution in [1.82, 2.24) is 14.6 Å². The summed E-state index contributed by atoms with van der Waals surface area (Å²) < 4.78 is 1.85. The monoisotopic (exact) mass is 190 g/mol. The zero-order valence-electron chi connectivity index (χ0n) is 8.49. The predicted octanol–water partition coefficient (Wildman–Crippen LogP) is 1.86. The van der Waals surface area contributed by atoms with Crippen molar-refractivity contribution in [3.63, 3.8) is 0 Å². The molecule has 4 heteroatoms. The average Bonchev–Trinajstić information content (AvgIpc) is 2.59. The number of nitrogens with one attached hydrogen (secondary N) is 1. The lowest BCUT2D eigenvalue weighted by atomic mass is 10.4. The molecule has 0 aliphatic rings. The molecule has 0 fully saturated rings. The van der Waals surface area contributed by atoms with Gasteiger partial charge in [0.1, 0.15) is 0 Å². The van der Waals surface area contributed by atoms with Gasteiger partial charge in [0.05, 0.1) is 0 Å². The molecule has 0 saturated carbocycles. The van der Waals surface area contributed by atoms with Crippen molar-refractivity contribution in [3.8, 4) is 0 Å². The Morgan fingerprint density at radius 3 is 3.00 bits per heavy atom. The molecule has 0 atom stereocenters. The van der Waals surface area contributed by atoms with Gasteiger partial charge >= 0.3 is 0 Å². The van der Waals surface area contributed by atoms with Crippen LogP contribution < -0.4 is 5.32 Å². The van der Waals surface area contributed by atoms with Crippen molar-refractivity contribution in [1.29, 1.82) is 0 Å². The van der Waals surface area contributed by atoms with Gasteiger partial charge in [-0.2, -0.15) is 4.98 Å². The quantitative estimate of drug-likeness (QED) is 0.803. The molecule has 0 saturated heterocycles. The maximum Gasteiger partial charge on any atom is 0.243 e. The predicted molar refractivity (Wildman–Crippen MR) is 56.5 cm³/mol. The molecule has 2 aromatic heterocycles. The van der Waals surface area contributed by atoms with E-state index in [1.54, 1.807) is 0 Å². The number of aryl methyl sites for hydroxylation is 1. The molecule has 0 aliphatic carbocycles. The lowest BCUT2D eigenvalue weighted by Crippen LogP contribution is -2.01. The second kappa shape index (κ2) is 3.65. The largest absolute Gasteiger partial charge is 0.353 e. The first-order valence-corrected chi connectivity index (χ1v) is 4.87. The van der Waals surface area contributed by atoms with Crippen LogP contribution in [0.4, 0.5) is 5.95 Å². The Morgan fingerprint density at radius 1 is 1.43 bits per heavy atom. The lowest BCUT2D eigenvalue weighted by molar-refractivity contribution is 0.898. The molecule has 14 heavy (non-hydrogen) atoms. The Kier molecular flexibility index (Phi) is 2.35. The normalized spacial score (nSPS) is 10.7. The summed E-state index contributed by atoms with van der Waals surface area (Å²) in [5, 5.41) is 7.51. The second-order valence-corrected chi connectivity index (χ2v) is 3.30. The third-order valence-electron chi connectivity index (χ3n) is 2.08. The fourth-order valence-electron chi connectivity index (χ4n) is 1.35. The number of pyridine rings is 1. The molecule has 2 heterocycles. The van der Waals surface area contributed by atoms with E-state index in [0.29, 0.717) is 5.95 Å².